The van der Waals surface area contributed by atoms with Crippen molar-refractivity contribution in [2.75, 3.05) is 17.3 Å². The molecule has 3 rings (SSSR count). The number of hydrogen-bond donors (Lipinski definition) is 2. The number of anilines is 2. The molecule has 2 aromatic rings. The summed E-state index contributed by atoms with van der Waals surface area (Å²) in [6.07, 6.45) is -0.309. The van der Waals surface area contributed by atoms with Gasteiger partial charge < -0.3 is 15.5 Å². The molecule has 2 amide bonds. The van der Waals surface area contributed by atoms with Crippen molar-refractivity contribution < 1.29 is 9.59 Å². The highest BCUT2D eigenvalue weighted by Gasteiger charge is 2.30. The van der Waals surface area contributed by atoms with Gasteiger partial charge in [-0.05, 0) is 36.8 Å². The normalized spacial score (nSPS) is 16.7. The molecule has 2 heterocycles. The molecule has 1 aliphatic rings. The third-order valence-corrected chi connectivity index (χ3v) is 4.41. The average molecular weight is 352 g/mol. The number of benzene rings is 1. The Morgan fingerprint density at radius 3 is 2.42 bits per heavy atom. The largest absolute Gasteiger partial charge is 0.335 e. The van der Waals surface area contributed by atoms with Crippen molar-refractivity contribution in [1.29, 1.82) is 0 Å². The Morgan fingerprint density at radius 1 is 1.15 bits per heavy atom. The van der Waals surface area contributed by atoms with Crippen LogP contribution < -0.4 is 15.5 Å². The molecule has 1 unspecified atom stereocenters. The topological polar surface area (TPSA) is 74.3 Å². The number of fused-ring (bicyclic) bond motifs is 1. The second-order valence-electron chi connectivity index (χ2n) is 7.64. The molecule has 0 saturated heterocycles. The first kappa shape index (κ1) is 17.9. The standard InChI is InChI=1S/C20H24N4O2/c1-12-6-11-15-17(21-12)24(5)16(23-18(15)25)13-7-9-14(10-8-13)22-19(26)20(2,3)4/h6-11,16H,1-5H3,(H,22,26)(H,23,25). The molecule has 0 spiro atoms. The van der Waals surface area contributed by atoms with Gasteiger partial charge in [0.2, 0.25) is 5.91 Å². The Bertz CT molecular complexity index is 853. The van der Waals surface area contributed by atoms with Gasteiger partial charge in [0.25, 0.3) is 5.91 Å². The van der Waals surface area contributed by atoms with Crippen molar-refractivity contribution >= 4 is 23.3 Å². The van der Waals surface area contributed by atoms with Crippen LogP contribution in [-0.4, -0.2) is 23.8 Å². The van der Waals surface area contributed by atoms with Gasteiger partial charge in [0.05, 0.1) is 5.56 Å². The number of nitrogens with zero attached hydrogens (tertiary/aromatic N) is 2. The van der Waals surface area contributed by atoms with Gasteiger partial charge in [-0.25, -0.2) is 4.98 Å². The minimum atomic E-state index is -0.455. The minimum absolute atomic E-state index is 0.0399. The Morgan fingerprint density at radius 2 is 1.81 bits per heavy atom. The van der Waals surface area contributed by atoms with Crippen molar-refractivity contribution in [3.8, 4) is 0 Å². The molecular formula is C20H24N4O2. The molecule has 2 N–H and O–H groups in total. The highest BCUT2D eigenvalue weighted by atomic mass is 16.2. The van der Waals surface area contributed by atoms with Crippen LogP contribution in [0.2, 0.25) is 0 Å². The molecule has 1 aromatic heterocycles. The summed E-state index contributed by atoms with van der Waals surface area (Å²) in [5.74, 6) is 0.492. The molecule has 136 valence electrons. The summed E-state index contributed by atoms with van der Waals surface area (Å²) >= 11 is 0. The Kier molecular flexibility index (Phi) is 4.44. The number of aromatic nitrogens is 1. The van der Waals surface area contributed by atoms with E-state index in [4.69, 9.17) is 0 Å². The second kappa shape index (κ2) is 6.44. The van der Waals surface area contributed by atoms with Crippen LogP contribution in [0.5, 0.6) is 0 Å². The molecule has 0 bridgehead atoms. The zero-order valence-electron chi connectivity index (χ0n) is 15.8. The van der Waals surface area contributed by atoms with Gasteiger partial charge in [-0.3, -0.25) is 9.59 Å². The molecule has 1 aliphatic heterocycles. The van der Waals surface area contributed by atoms with E-state index in [9.17, 15) is 9.59 Å². The zero-order valence-corrected chi connectivity index (χ0v) is 15.8. The van der Waals surface area contributed by atoms with Crippen molar-refractivity contribution in [1.82, 2.24) is 10.3 Å². The lowest BCUT2D eigenvalue weighted by Crippen LogP contribution is -2.45. The predicted molar refractivity (Wildman–Crippen MR) is 102 cm³/mol. The van der Waals surface area contributed by atoms with E-state index in [0.29, 0.717) is 11.4 Å². The van der Waals surface area contributed by atoms with Crippen LogP contribution in [-0.2, 0) is 4.79 Å². The molecule has 0 fully saturated rings. The van der Waals surface area contributed by atoms with Gasteiger partial charge in [0.15, 0.2) is 0 Å². The lowest BCUT2D eigenvalue weighted by molar-refractivity contribution is -0.123. The van der Waals surface area contributed by atoms with Crippen molar-refractivity contribution in [3.63, 3.8) is 0 Å². The number of carbonyl (C=O) groups excluding carboxylic acids is 2. The van der Waals surface area contributed by atoms with Crippen LogP contribution in [0.3, 0.4) is 0 Å². The highest BCUT2D eigenvalue weighted by molar-refractivity contribution is 6.01. The molecule has 6 nitrogen and oxygen atoms in total. The van der Waals surface area contributed by atoms with E-state index in [1.54, 1.807) is 6.07 Å². The number of nitrogens with one attached hydrogen (secondary N) is 2. The molecule has 1 atom stereocenters. The number of aryl methyl sites for hydroxylation is 1. The SMILES string of the molecule is Cc1ccc2c(n1)N(C)C(c1ccc(NC(=O)C(C)(C)C)cc1)NC2=O. The number of pyridine rings is 1. The third-order valence-electron chi connectivity index (χ3n) is 4.41. The fourth-order valence-electron chi connectivity index (χ4n) is 2.78. The van der Waals surface area contributed by atoms with E-state index in [0.717, 1.165) is 16.9 Å². The monoisotopic (exact) mass is 352 g/mol. The van der Waals surface area contributed by atoms with E-state index < -0.39 is 5.41 Å². The van der Waals surface area contributed by atoms with Crippen molar-refractivity contribution in [3.05, 3.63) is 53.2 Å². The Balaban J connectivity index is 1.84. The van der Waals surface area contributed by atoms with Gasteiger partial charge in [-0.2, -0.15) is 0 Å². The van der Waals surface area contributed by atoms with Crippen molar-refractivity contribution in [2.24, 2.45) is 5.41 Å². The van der Waals surface area contributed by atoms with E-state index in [1.807, 2.05) is 70.0 Å². The first-order valence-electron chi connectivity index (χ1n) is 8.59. The fraction of sp³-hybridized carbons (Fsp3) is 0.350. The Hall–Kier alpha value is -2.89. The number of rotatable bonds is 2. The van der Waals surface area contributed by atoms with Crippen LogP contribution in [0.1, 0.15) is 48.6 Å². The quantitative estimate of drug-likeness (QED) is 0.870. The summed E-state index contributed by atoms with van der Waals surface area (Å²) < 4.78 is 0. The van der Waals surface area contributed by atoms with E-state index in [2.05, 4.69) is 15.6 Å². The van der Waals surface area contributed by atoms with Crippen LogP contribution in [0.4, 0.5) is 11.5 Å². The second-order valence-corrected chi connectivity index (χ2v) is 7.64. The van der Waals surface area contributed by atoms with Gasteiger partial charge in [0, 0.05) is 23.8 Å². The zero-order chi connectivity index (χ0) is 19.1. The first-order chi connectivity index (χ1) is 12.2. The van der Waals surface area contributed by atoms with E-state index in [1.165, 1.54) is 0 Å². The molecule has 6 heteroatoms. The van der Waals surface area contributed by atoms with Crippen LogP contribution >= 0.6 is 0 Å². The van der Waals surface area contributed by atoms with E-state index >= 15 is 0 Å². The van der Waals surface area contributed by atoms with E-state index in [-0.39, 0.29) is 18.0 Å². The molecule has 1 aromatic carbocycles. The maximum absolute atomic E-state index is 12.4. The summed E-state index contributed by atoms with van der Waals surface area (Å²) in [6.45, 7) is 7.52. The molecule has 0 aliphatic carbocycles. The maximum atomic E-state index is 12.4. The lowest BCUT2D eigenvalue weighted by Gasteiger charge is -2.35. The lowest BCUT2D eigenvalue weighted by atomic mass is 9.95. The number of hydrogen-bond acceptors (Lipinski definition) is 4. The summed E-state index contributed by atoms with van der Waals surface area (Å²) in [5.41, 5.74) is 2.63. The summed E-state index contributed by atoms with van der Waals surface area (Å²) in [4.78, 5) is 31.0. The van der Waals surface area contributed by atoms with Crippen molar-refractivity contribution in [2.45, 2.75) is 33.9 Å². The van der Waals surface area contributed by atoms with Gasteiger partial charge in [-0.15, -0.1) is 0 Å². The molecule has 0 radical (unpaired) electrons. The van der Waals surface area contributed by atoms with Crippen LogP contribution in [0, 0.1) is 12.3 Å². The highest BCUT2D eigenvalue weighted by Crippen LogP contribution is 2.31. The van der Waals surface area contributed by atoms with Crippen LogP contribution in [0.15, 0.2) is 36.4 Å². The summed E-state index contributed by atoms with van der Waals surface area (Å²) in [6, 6.07) is 11.1. The van der Waals surface area contributed by atoms with Gasteiger partial charge >= 0.3 is 0 Å². The first-order valence-corrected chi connectivity index (χ1v) is 8.59. The summed E-state index contributed by atoms with van der Waals surface area (Å²) in [7, 11) is 1.91. The predicted octanol–water partition coefficient (Wildman–Crippen LogP) is 3.25. The van der Waals surface area contributed by atoms with Gasteiger partial charge in [-0.1, -0.05) is 32.9 Å². The van der Waals surface area contributed by atoms with Gasteiger partial charge in [0.1, 0.15) is 12.0 Å². The molecule has 0 saturated carbocycles. The summed E-state index contributed by atoms with van der Waals surface area (Å²) in [5, 5.41) is 5.91. The molecule has 26 heavy (non-hydrogen) atoms. The van der Waals surface area contributed by atoms with Crippen LogP contribution in [0.25, 0.3) is 0 Å². The Labute approximate surface area is 153 Å². The minimum Gasteiger partial charge on any atom is -0.335 e. The number of amides is 2. The smallest absolute Gasteiger partial charge is 0.256 e. The molecular weight excluding hydrogens is 328 g/mol. The average Bonchev–Trinajstić information content (AvgIpc) is 2.58. The maximum Gasteiger partial charge on any atom is 0.256 e. The number of carbonyl (C=O) groups is 2. The fourth-order valence-corrected chi connectivity index (χ4v) is 2.78. The third kappa shape index (κ3) is 3.40.